The molecular weight excluding hydrogens is 462 g/mol. The lowest BCUT2D eigenvalue weighted by Crippen LogP contribution is -1.97. The van der Waals surface area contributed by atoms with Gasteiger partial charge in [-0.3, -0.25) is 0 Å². The lowest BCUT2D eigenvalue weighted by atomic mass is 9.85. The van der Waals surface area contributed by atoms with Crippen LogP contribution in [0, 0.1) is 11.3 Å². The number of allylic oxidation sites excluding steroid dienone is 1. The molecule has 5 aromatic rings. The Hall–Kier alpha value is -5.13. The summed E-state index contributed by atoms with van der Waals surface area (Å²) in [6.07, 6.45) is 1.92. The Bertz CT molecular complexity index is 1550. The van der Waals surface area contributed by atoms with Gasteiger partial charge in [0.1, 0.15) is 5.75 Å². The molecule has 0 aromatic heterocycles. The molecule has 0 atom stereocenters. The lowest BCUT2D eigenvalue weighted by molar-refractivity contribution is 0.415. The highest BCUT2D eigenvalue weighted by Crippen LogP contribution is 2.37. The maximum atomic E-state index is 9.83. The van der Waals surface area contributed by atoms with Crippen LogP contribution in [0.25, 0.3) is 22.8 Å². The molecule has 0 fully saturated rings. The minimum Gasteiger partial charge on any atom is -0.497 e. The molecule has 0 aliphatic carbocycles. The van der Waals surface area contributed by atoms with Gasteiger partial charge < -0.3 is 4.74 Å². The molecule has 0 aliphatic heterocycles. The predicted octanol–water partition coefficient (Wildman–Crippen LogP) is 8.77. The second kappa shape index (κ2) is 11.7. The SMILES string of the molecule is COc1ccc(/C(C#N)=C\c2ccc(C(=C(c3ccccc3)c3ccccc3)c3ccccc3)cc2)cc1. The van der Waals surface area contributed by atoms with Crippen LogP contribution in [0.3, 0.4) is 0 Å². The molecule has 2 nitrogen and oxygen atoms in total. The first-order valence-electron chi connectivity index (χ1n) is 12.5. The van der Waals surface area contributed by atoms with E-state index in [9.17, 15) is 5.26 Å². The third-order valence-corrected chi connectivity index (χ3v) is 6.47. The number of benzene rings is 5. The van der Waals surface area contributed by atoms with E-state index in [-0.39, 0.29) is 0 Å². The third kappa shape index (κ3) is 5.48. The van der Waals surface area contributed by atoms with Gasteiger partial charge in [-0.1, -0.05) is 115 Å². The van der Waals surface area contributed by atoms with E-state index < -0.39 is 0 Å². The van der Waals surface area contributed by atoms with Crippen molar-refractivity contribution in [3.63, 3.8) is 0 Å². The van der Waals surface area contributed by atoms with E-state index in [0.29, 0.717) is 5.57 Å². The smallest absolute Gasteiger partial charge is 0.118 e. The molecule has 0 amide bonds. The van der Waals surface area contributed by atoms with Crippen LogP contribution >= 0.6 is 0 Å². The minimum absolute atomic E-state index is 0.605. The monoisotopic (exact) mass is 489 g/mol. The molecule has 0 saturated heterocycles. The normalized spacial score (nSPS) is 10.9. The van der Waals surface area contributed by atoms with E-state index in [1.54, 1.807) is 7.11 Å². The fourth-order valence-electron chi connectivity index (χ4n) is 4.59. The van der Waals surface area contributed by atoms with Gasteiger partial charge in [0.15, 0.2) is 0 Å². The summed E-state index contributed by atoms with van der Waals surface area (Å²) in [6.45, 7) is 0. The first kappa shape index (κ1) is 24.6. The molecule has 0 unspecified atom stereocenters. The van der Waals surface area contributed by atoms with Gasteiger partial charge in [-0.25, -0.2) is 0 Å². The van der Waals surface area contributed by atoms with Gasteiger partial charge >= 0.3 is 0 Å². The lowest BCUT2D eigenvalue weighted by Gasteiger charge is -2.18. The fourth-order valence-corrected chi connectivity index (χ4v) is 4.59. The molecule has 0 spiro atoms. The zero-order valence-electron chi connectivity index (χ0n) is 21.2. The Morgan fingerprint density at radius 2 is 0.921 bits per heavy atom. The van der Waals surface area contributed by atoms with Crippen molar-refractivity contribution in [2.24, 2.45) is 0 Å². The van der Waals surface area contributed by atoms with Gasteiger partial charge in [0.25, 0.3) is 0 Å². The van der Waals surface area contributed by atoms with Crippen LogP contribution in [0.5, 0.6) is 5.75 Å². The van der Waals surface area contributed by atoms with E-state index in [1.165, 1.54) is 5.57 Å². The summed E-state index contributed by atoms with van der Waals surface area (Å²) in [5.74, 6) is 0.767. The summed E-state index contributed by atoms with van der Waals surface area (Å²) in [5, 5.41) is 9.83. The number of methoxy groups -OCH3 is 1. The largest absolute Gasteiger partial charge is 0.497 e. The van der Waals surface area contributed by atoms with Gasteiger partial charge in [0.2, 0.25) is 0 Å². The van der Waals surface area contributed by atoms with Gasteiger partial charge in [0.05, 0.1) is 18.8 Å². The van der Waals surface area contributed by atoms with E-state index >= 15 is 0 Å². The first-order valence-corrected chi connectivity index (χ1v) is 12.5. The van der Waals surface area contributed by atoms with Gasteiger partial charge in [-0.2, -0.15) is 5.26 Å². The van der Waals surface area contributed by atoms with Gasteiger partial charge in [-0.15, -0.1) is 0 Å². The van der Waals surface area contributed by atoms with Crippen molar-refractivity contribution in [1.29, 1.82) is 5.26 Å². The van der Waals surface area contributed by atoms with Crippen LogP contribution in [0.15, 0.2) is 140 Å². The molecule has 5 rings (SSSR count). The Morgan fingerprint density at radius 1 is 0.526 bits per heavy atom. The summed E-state index contributed by atoms with van der Waals surface area (Å²) < 4.78 is 5.25. The van der Waals surface area contributed by atoms with Crippen molar-refractivity contribution in [2.75, 3.05) is 7.11 Å². The highest BCUT2D eigenvalue weighted by Gasteiger charge is 2.16. The summed E-state index contributed by atoms with van der Waals surface area (Å²) in [7, 11) is 1.64. The Morgan fingerprint density at radius 3 is 1.32 bits per heavy atom. The third-order valence-electron chi connectivity index (χ3n) is 6.47. The molecular formula is C36H27NO. The summed E-state index contributed by atoms with van der Waals surface area (Å²) in [6, 6.07) is 49.9. The standard InChI is InChI=1S/C36H27NO/c1-38-34-23-21-28(22-24-34)33(26-37)25-27-17-19-32(20-18-27)36(31-15-9-4-10-16-31)35(29-11-5-2-6-12-29)30-13-7-3-8-14-30/h2-25H,1H3/b33-25-. The highest BCUT2D eigenvalue weighted by atomic mass is 16.5. The molecule has 0 aliphatic rings. The average molecular weight is 490 g/mol. The van der Waals surface area contributed by atoms with Crippen molar-refractivity contribution in [3.8, 4) is 11.8 Å². The number of hydrogen-bond acceptors (Lipinski definition) is 2. The zero-order valence-corrected chi connectivity index (χ0v) is 21.2. The Balaban J connectivity index is 1.64. The second-order valence-corrected chi connectivity index (χ2v) is 8.87. The number of hydrogen-bond donors (Lipinski definition) is 0. The molecule has 0 bridgehead atoms. The molecule has 0 saturated carbocycles. The highest BCUT2D eigenvalue weighted by molar-refractivity contribution is 6.04. The summed E-state index contributed by atoms with van der Waals surface area (Å²) in [5.41, 5.74) is 9.35. The van der Waals surface area contributed by atoms with Crippen LogP contribution in [0.2, 0.25) is 0 Å². The summed E-state index contributed by atoms with van der Waals surface area (Å²) in [4.78, 5) is 0. The first-order chi connectivity index (χ1) is 18.8. The minimum atomic E-state index is 0.605. The van der Waals surface area contributed by atoms with Gasteiger partial charge in [-0.05, 0) is 74.9 Å². The van der Waals surface area contributed by atoms with E-state index in [1.807, 2.05) is 48.5 Å². The summed E-state index contributed by atoms with van der Waals surface area (Å²) >= 11 is 0. The maximum Gasteiger partial charge on any atom is 0.118 e. The second-order valence-electron chi connectivity index (χ2n) is 8.87. The number of rotatable bonds is 7. The fraction of sp³-hybridized carbons (Fsp3) is 0.0278. The Labute approximate surface area is 224 Å². The van der Waals surface area contributed by atoms with Crippen LogP contribution in [-0.2, 0) is 0 Å². The molecule has 0 heterocycles. The van der Waals surface area contributed by atoms with Gasteiger partial charge in [0, 0.05) is 0 Å². The van der Waals surface area contributed by atoms with Crippen LogP contribution in [-0.4, -0.2) is 7.11 Å². The topological polar surface area (TPSA) is 33.0 Å². The quantitative estimate of drug-likeness (QED) is 0.169. The van der Waals surface area contributed by atoms with Crippen LogP contribution in [0.1, 0.15) is 33.4 Å². The van der Waals surface area contributed by atoms with Crippen molar-refractivity contribution < 1.29 is 4.74 Å². The van der Waals surface area contributed by atoms with Crippen molar-refractivity contribution in [1.82, 2.24) is 0 Å². The molecule has 182 valence electrons. The molecule has 0 N–H and O–H groups in total. The molecule has 0 radical (unpaired) electrons. The van der Waals surface area contributed by atoms with Crippen molar-refractivity contribution >= 4 is 22.8 Å². The molecule has 2 heteroatoms. The number of nitrogens with zero attached hydrogens (tertiary/aromatic N) is 1. The predicted molar refractivity (Wildman–Crippen MR) is 157 cm³/mol. The average Bonchev–Trinajstić information content (AvgIpc) is 3.00. The number of nitriles is 1. The van der Waals surface area contributed by atoms with E-state index in [0.717, 1.165) is 44.7 Å². The van der Waals surface area contributed by atoms with Crippen molar-refractivity contribution in [2.45, 2.75) is 0 Å². The number of ether oxygens (including phenoxy) is 1. The molecule has 5 aromatic carbocycles. The maximum absolute atomic E-state index is 9.83. The van der Waals surface area contributed by atoms with Crippen molar-refractivity contribution in [3.05, 3.63) is 173 Å². The molecule has 38 heavy (non-hydrogen) atoms. The van der Waals surface area contributed by atoms with E-state index in [4.69, 9.17) is 4.74 Å². The van der Waals surface area contributed by atoms with Crippen LogP contribution in [0.4, 0.5) is 0 Å². The Kier molecular flexibility index (Phi) is 7.59. The van der Waals surface area contributed by atoms with Crippen LogP contribution < -0.4 is 4.74 Å². The zero-order chi connectivity index (χ0) is 26.2. The van der Waals surface area contributed by atoms with E-state index in [2.05, 4.69) is 103 Å².